The summed E-state index contributed by atoms with van der Waals surface area (Å²) in [6.45, 7) is 5.53. The number of fused-ring (bicyclic) bond motifs is 1. The van der Waals surface area contributed by atoms with E-state index >= 15 is 0 Å². The summed E-state index contributed by atoms with van der Waals surface area (Å²) in [5.74, 6) is -0.487. The molecule has 1 aliphatic rings. The Morgan fingerprint density at radius 1 is 1.24 bits per heavy atom. The first kappa shape index (κ1) is 23.0. The minimum absolute atomic E-state index is 0.0629. The van der Waals surface area contributed by atoms with Crippen LogP contribution in [0.1, 0.15) is 31.5 Å². The molecule has 0 aliphatic heterocycles. The highest BCUT2D eigenvalue weighted by Crippen LogP contribution is 2.57. The monoisotopic (exact) mass is 468 g/mol. The van der Waals surface area contributed by atoms with E-state index in [0.717, 1.165) is 11.4 Å². The van der Waals surface area contributed by atoms with Crippen LogP contribution in [0.25, 0.3) is 10.9 Å². The summed E-state index contributed by atoms with van der Waals surface area (Å²) in [6.07, 6.45) is 1.47. The van der Waals surface area contributed by atoms with Gasteiger partial charge in [0.05, 0.1) is 39.1 Å². The van der Waals surface area contributed by atoms with Gasteiger partial charge in [-0.15, -0.1) is 0 Å². The van der Waals surface area contributed by atoms with Gasteiger partial charge in [-0.2, -0.15) is 0 Å². The number of primary amides is 1. The smallest absolute Gasteiger partial charge is 0.229 e. The van der Waals surface area contributed by atoms with E-state index in [-0.39, 0.29) is 23.3 Å². The van der Waals surface area contributed by atoms with E-state index in [0.29, 0.717) is 16.5 Å². The number of aryl methyl sites for hydroxylation is 1. The first-order valence-electron chi connectivity index (χ1n) is 10.7. The van der Waals surface area contributed by atoms with Crippen molar-refractivity contribution in [2.45, 2.75) is 48.9 Å². The predicted octanol–water partition coefficient (Wildman–Crippen LogP) is 2.76. The van der Waals surface area contributed by atoms with Crippen LogP contribution in [0.15, 0.2) is 47.5 Å². The molecule has 1 saturated carbocycles. The average molecular weight is 469 g/mol. The molecular weight excluding hydrogens is 440 g/mol. The second-order valence-corrected chi connectivity index (χ2v) is 11.1. The fourth-order valence-electron chi connectivity index (χ4n) is 4.24. The molecule has 1 aliphatic carbocycles. The number of nitrogens with zero attached hydrogens (tertiary/aromatic N) is 3. The predicted molar refractivity (Wildman–Crippen MR) is 127 cm³/mol. The Morgan fingerprint density at radius 3 is 2.61 bits per heavy atom. The Labute approximate surface area is 193 Å². The molecule has 2 N–H and O–H groups in total. The molecule has 0 saturated heterocycles. The molecule has 9 heteroatoms. The molecule has 0 radical (unpaired) electrons. The lowest BCUT2D eigenvalue weighted by atomic mass is 9.95. The van der Waals surface area contributed by atoms with E-state index < -0.39 is 26.4 Å². The van der Waals surface area contributed by atoms with Crippen molar-refractivity contribution in [3.05, 3.63) is 53.9 Å². The zero-order valence-electron chi connectivity index (χ0n) is 19.4. The maximum Gasteiger partial charge on any atom is 0.229 e. The van der Waals surface area contributed by atoms with Crippen molar-refractivity contribution >= 4 is 32.3 Å². The van der Waals surface area contributed by atoms with Crippen LogP contribution in [0.5, 0.6) is 5.88 Å². The van der Waals surface area contributed by atoms with Crippen LogP contribution in [0, 0.1) is 6.92 Å². The number of carbonyl (C=O) groups is 1. The fraction of sp³-hybridized carbons (Fsp3) is 0.375. The SMILES string of the molecule is Cc1ccc2c(S(=O)(=O)C3CC3(C(N)=O)c3cc(N(C)C)cnc3OC(C)C)cccc2n1. The van der Waals surface area contributed by atoms with Gasteiger partial charge in [-0.25, -0.2) is 13.4 Å². The van der Waals surface area contributed by atoms with E-state index in [2.05, 4.69) is 9.97 Å². The number of rotatable bonds is 7. The molecule has 2 aromatic heterocycles. The van der Waals surface area contributed by atoms with Crippen LogP contribution in [0.4, 0.5) is 5.69 Å². The van der Waals surface area contributed by atoms with E-state index in [4.69, 9.17) is 10.5 Å². The van der Waals surface area contributed by atoms with Gasteiger partial charge < -0.3 is 15.4 Å². The van der Waals surface area contributed by atoms with Crippen molar-refractivity contribution in [1.82, 2.24) is 9.97 Å². The molecule has 1 aromatic carbocycles. The number of pyridine rings is 2. The summed E-state index contributed by atoms with van der Waals surface area (Å²) < 4.78 is 33.5. The van der Waals surface area contributed by atoms with Crippen LogP contribution < -0.4 is 15.4 Å². The van der Waals surface area contributed by atoms with Gasteiger partial charge in [0.15, 0.2) is 9.84 Å². The third-order valence-electron chi connectivity index (χ3n) is 6.03. The number of sulfone groups is 1. The van der Waals surface area contributed by atoms with Crippen molar-refractivity contribution in [3.63, 3.8) is 0 Å². The van der Waals surface area contributed by atoms with Crippen LogP contribution in [0.2, 0.25) is 0 Å². The van der Waals surface area contributed by atoms with Gasteiger partial charge in [0.25, 0.3) is 0 Å². The number of hydrogen-bond donors (Lipinski definition) is 1. The van der Waals surface area contributed by atoms with Gasteiger partial charge in [0.2, 0.25) is 11.8 Å². The molecule has 2 heterocycles. The second kappa shape index (κ2) is 7.98. The van der Waals surface area contributed by atoms with Crippen LogP contribution in [-0.2, 0) is 20.0 Å². The minimum atomic E-state index is -3.92. The van der Waals surface area contributed by atoms with Crippen molar-refractivity contribution in [1.29, 1.82) is 0 Å². The standard InChI is InChI=1S/C24H28N4O4S/c1-14(2)32-22-18(11-16(13-26-22)28(4)5)24(23(25)29)12-21(24)33(30,31)20-8-6-7-19-17(20)10-9-15(3)27-19/h6-11,13-14,21H,12H2,1-5H3,(H2,25,29). The van der Waals surface area contributed by atoms with Gasteiger partial charge in [0.1, 0.15) is 0 Å². The Balaban J connectivity index is 1.88. The topological polar surface area (TPSA) is 115 Å². The van der Waals surface area contributed by atoms with E-state index in [1.165, 1.54) is 0 Å². The maximum absolute atomic E-state index is 13.8. The number of anilines is 1. The third kappa shape index (κ3) is 3.80. The number of carbonyl (C=O) groups excluding carboxylic acids is 1. The fourth-order valence-corrected chi connectivity index (χ4v) is 6.55. The van der Waals surface area contributed by atoms with Crippen molar-refractivity contribution in [2.24, 2.45) is 5.73 Å². The third-order valence-corrected chi connectivity index (χ3v) is 8.32. The van der Waals surface area contributed by atoms with Crippen molar-refractivity contribution < 1.29 is 17.9 Å². The summed E-state index contributed by atoms with van der Waals surface area (Å²) in [7, 11) is -0.242. The summed E-state index contributed by atoms with van der Waals surface area (Å²) in [4.78, 5) is 23.7. The minimum Gasteiger partial charge on any atom is -0.475 e. The molecule has 1 amide bonds. The van der Waals surface area contributed by atoms with Crippen LogP contribution in [0.3, 0.4) is 0 Å². The molecule has 33 heavy (non-hydrogen) atoms. The maximum atomic E-state index is 13.8. The Kier molecular flexibility index (Phi) is 5.56. The Hall–Kier alpha value is -3.20. The van der Waals surface area contributed by atoms with Crippen LogP contribution in [-0.4, -0.2) is 49.7 Å². The summed E-state index contributed by atoms with van der Waals surface area (Å²) in [6, 6.07) is 10.3. The number of hydrogen-bond acceptors (Lipinski definition) is 7. The van der Waals surface area contributed by atoms with Crippen LogP contribution >= 0.6 is 0 Å². The second-order valence-electron chi connectivity index (χ2n) is 8.96. The van der Waals surface area contributed by atoms with Gasteiger partial charge in [0, 0.05) is 30.7 Å². The molecule has 4 rings (SSSR count). The highest BCUT2D eigenvalue weighted by molar-refractivity contribution is 7.92. The Bertz CT molecular complexity index is 1350. The van der Waals surface area contributed by atoms with Gasteiger partial charge in [-0.1, -0.05) is 6.07 Å². The van der Waals surface area contributed by atoms with E-state index in [1.807, 2.05) is 39.8 Å². The molecule has 2 unspecified atom stereocenters. The highest BCUT2D eigenvalue weighted by Gasteiger charge is 2.68. The summed E-state index contributed by atoms with van der Waals surface area (Å²) in [5.41, 5.74) is 6.94. The lowest BCUT2D eigenvalue weighted by molar-refractivity contribution is -0.120. The molecule has 0 spiro atoms. The average Bonchev–Trinajstić information content (AvgIpc) is 3.51. The largest absolute Gasteiger partial charge is 0.475 e. The first-order valence-corrected chi connectivity index (χ1v) is 12.3. The molecule has 2 atom stereocenters. The Morgan fingerprint density at radius 2 is 1.97 bits per heavy atom. The van der Waals surface area contributed by atoms with E-state index in [1.54, 1.807) is 42.6 Å². The number of nitrogens with two attached hydrogens (primary N) is 1. The molecular formula is C24H28N4O4S. The lowest BCUT2D eigenvalue weighted by Gasteiger charge is -2.22. The quantitative estimate of drug-likeness (QED) is 0.567. The normalized spacial score (nSPS) is 20.1. The summed E-state index contributed by atoms with van der Waals surface area (Å²) in [5, 5.41) is -0.504. The highest BCUT2D eigenvalue weighted by atomic mass is 32.2. The molecule has 1 fully saturated rings. The molecule has 0 bridgehead atoms. The van der Waals surface area contributed by atoms with Gasteiger partial charge in [-0.05, 0) is 57.5 Å². The lowest BCUT2D eigenvalue weighted by Crippen LogP contribution is -2.35. The summed E-state index contributed by atoms with van der Waals surface area (Å²) >= 11 is 0. The van der Waals surface area contributed by atoms with Gasteiger partial charge in [-0.3, -0.25) is 9.78 Å². The van der Waals surface area contributed by atoms with Gasteiger partial charge >= 0.3 is 0 Å². The number of benzene rings is 1. The molecule has 174 valence electrons. The number of aromatic nitrogens is 2. The van der Waals surface area contributed by atoms with Crippen molar-refractivity contribution in [3.8, 4) is 5.88 Å². The van der Waals surface area contributed by atoms with E-state index in [9.17, 15) is 13.2 Å². The molecule has 3 aromatic rings. The molecule has 8 nitrogen and oxygen atoms in total. The van der Waals surface area contributed by atoms with Crippen molar-refractivity contribution in [2.75, 3.05) is 19.0 Å². The first-order chi connectivity index (χ1) is 15.5. The number of ether oxygens (including phenoxy) is 1. The number of amides is 1. The zero-order chi connectivity index (χ0) is 24.1. The zero-order valence-corrected chi connectivity index (χ0v) is 20.2.